The van der Waals surface area contributed by atoms with E-state index in [1.807, 2.05) is 44.2 Å². The monoisotopic (exact) mass is 580 g/mol. The number of sulfonamides is 1. The minimum Gasteiger partial charge on any atom is -0.481 e. The Morgan fingerprint density at radius 3 is 2.44 bits per heavy atom. The molecule has 0 radical (unpaired) electrons. The van der Waals surface area contributed by atoms with Gasteiger partial charge in [0.2, 0.25) is 5.88 Å². The van der Waals surface area contributed by atoms with Crippen LogP contribution in [0.5, 0.6) is 5.88 Å². The van der Waals surface area contributed by atoms with E-state index in [0.29, 0.717) is 34.0 Å². The zero-order valence-electron chi connectivity index (χ0n) is 22.1. The number of hydrogen-bond acceptors (Lipinski definition) is 6. The van der Waals surface area contributed by atoms with E-state index in [9.17, 15) is 21.6 Å². The molecule has 1 aromatic heterocycles. The smallest absolute Gasteiger partial charge is 0.481 e. The lowest BCUT2D eigenvalue weighted by Crippen LogP contribution is -2.49. The van der Waals surface area contributed by atoms with Crippen LogP contribution in [0, 0.1) is 6.92 Å². The van der Waals surface area contributed by atoms with Gasteiger partial charge in [0.05, 0.1) is 7.11 Å². The summed E-state index contributed by atoms with van der Waals surface area (Å²) in [4.78, 5) is 10.4. The van der Waals surface area contributed by atoms with E-state index in [0.717, 1.165) is 5.56 Å². The third kappa shape index (κ3) is 6.74. The number of rotatable bonds is 6. The highest BCUT2D eigenvalue weighted by Crippen LogP contribution is 2.37. The fraction of sp³-hybridized carbons (Fsp3) is 0.370. The number of aromatic nitrogens is 2. The van der Waals surface area contributed by atoms with Crippen LogP contribution in [0.15, 0.2) is 60.8 Å². The van der Waals surface area contributed by atoms with Crippen molar-refractivity contribution in [3.63, 3.8) is 0 Å². The number of benzene rings is 2. The van der Waals surface area contributed by atoms with Crippen LogP contribution in [-0.2, 0) is 23.0 Å². The minimum atomic E-state index is -5.61. The van der Waals surface area contributed by atoms with Crippen LogP contribution in [0.25, 0.3) is 0 Å². The van der Waals surface area contributed by atoms with Gasteiger partial charge < -0.3 is 9.64 Å². The van der Waals surface area contributed by atoms with Gasteiger partial charge in [0.25, 0.3) is 0 Å². The molecular formula is C27H31F3N4O3S2. The Bertz CT molecular complexity index is 1390. The van der Waals surface area contributed by atoms with Gasteiger partial charge in [0.1, 0.15) is 0 Å². The normalized spacial score (nSPS) is 16.0. The van der Waals surface area contributed by atoms with E-state index in [1.54, 1.807) is 36.1 Å². The van der Waals surface area contributed by atoms with Crippen molar-refractivity contribution in [2.45, 2.75) is 51.7 Å². The molecule has 1 atom stereocenters. The second kappa shape index (κ2) is 12.8. The number of ether oxygens (including phenoxy) is 1. The molecule has 1 aliphatic rings. The molecule has 0 spiro atoms. The maximum atomic E-state index is 13.7. The summed E-state index contributed by atoms with van der Waals surface area (Å²) in [5.41, 5.74) is -2.88. The Balaban J connectivity index is 0.00000205. The first-order valence-electron chi connectivity index (χ1n) is 12.4. The molecule has 39 heavy (non-hydrogen) atoms. The molecule has 1 unspecified atom stereocenters. The van der Waals surface area contributed by atoms with Gasteiger partial charge in [-0.25, -0.2) is 13.4 Å². The van der Waals surface area contributed by atoms with E-state index in [-0.39, 0.29) is 16.7 Å². The third-order valence-corrected chi connectivity index (χ3v) is 8.17. The topological polar surface area (TPSA) is 75.6 Å². The minimum absolute atomic E-state index is 0.152. The van der Waals surface area contributed by atoms with Gasteiger partial charge in [-0.15, -0.1) is 0 Å². The van der Waals surface area contributed by atoms with E-state index in [2.05, 4.69) is 9.97 Å². The summed E-state index contributed by atoms with van der Waals surface area (Å²) >= 11 is 5.80. The van der Waals surface area contributed by atoms with Crippen LogP contribution < -0.4 is 9.64 Å². The van der Waals surface area contributed by atoms with Crippen LogP contribution in [0.1, 0.15) is 42.8 Å². The highest BCUT2D eigenvalue weighted by molar-refractivity contribution is 7.89. The maximum Gasteiger partial charge on any atom is 0.511 e. The standard InChI is InChI=1S/C25H25F3N4O3S2.C2H6/c1-17-7-6-10-21-20(17)16-31(37(33,34)25(26,27)28)15-19(12-11-18-8-4-3-5-9-18)32(21)24(36)23-29-14-13-22(30-23)35-2;1-2/h3-10,13-14,19H,11-12,15-16H2,1-2H3;1-2H3. The highest BCUT2D eigenvalue weighted by atomic mass is 32.2. The second-order valence-electron chi connectivity index (χ2n) is 8.59. The third-order valence-electron chi connectivity index (χ3n) is 6.25. The number of thiocarbonyl (C=S) groups is 1. The number of alkyl halides is 3. The van der Waals surface area contributed by atoms with Crippen molar-refractivity contribution in [2.24, 2.45) is 0 Å². The molecule has 1 aliphatic heterocycles. The molecule has 0 saturated heterocycles. The number of nitrogens with zero attached hydrogens (tertiary/aromatic N) is 4. The van der Waals surface area contributed by atoms with Gasteiger partial charge in [0, 0.05) is 37.1 Å². The van der Waals surface area contributed by atoms with E-state index in [1.165, 1.54) is 13.3 Å². The quantitative estimate of drug-likeness (QED) is 0.348. The van der Waals surface area contributed by atoms with Gasteiger partial charge in [-0.1, -0.05) is 68.5 Å². The molecule has 0 N–H and O–H groups in total. The number of anilines is 1. The fourth-order valence-corrected chi connectivity index (χ4v) is 5.65. The molecule has 0 saturated carbocycles. The lowest BCUT2D eigenvalue weighted by molar-refractivity contribution is -0.0492. The van der Waals surface area contributed by atoms with Crippen LogP contribution in [0.3, 0.4) is 0 Å². The largest absolute Gasteiger partial charge is 0.511 e. The fourth-order valence-electron chi connectivity index (χ4n) is 4.34. The van der Waals surface area contributed by atoms with Crippen molar-refractivity contribution in [3.8, 4) is 5.88 Å². The van der Waals surface area contributed by atoms with Gasteiger partial charge in [-0.3, -0.25) is 0 Å². The zero-order chi connectivity index (χ0) is 28.8. The number of aryl methyl sites for hydroxylation is 2. The van der Waals surface area contributed by atoms with Gasteiger partial charge in [-0.2, -0.15) is 22.5 Å². The van der Waals surface area contributed by atoms with Crippen LogP contribution in [0.4, 0.5) is 18.9 Å². The van der Waals surface area contributed by atoms with Gasteiger partial charge >= 0.3 is 15.5 Å². The maximum absolute atomic E-state index is 13.7. The van der Waals surface area contributed by atoms with E-state index in [4.69, 9.17) is 17.0 Å². The second-order valence-corrected chi connectivity index (χ2v) is 10.9. The van der Waals surface area contributed by atoms with Crippen LogP contribution in [0.2, 0.25) is 0 Å². The van der Waals surface area contributed by atoms with Crippen molar-refractivity contribution in [1.82, 2.24) is 14.3 Å². The van der Waals surface area contributed by atoms with E-state index < -0.39 is 34.7 Å². The highest BCUT2D eigenvalue weighted by Gasteiger charge is 2.51. The summed E-state index contributed by atoms with van der Waals surface area (Å²) in [6.45, 7) is 4.86. The summed E-state index contributed by atoms with van der Waals surface area (Å²) in [7, 11) is -4.16. The lowest BCUT2D eigenvalue weighted by Gasteiger charge is -2.34. The first-order valence-corrected chi connectivity index (χ1v) is 14.3. The summed E-state index contributed by atoms with van der Waals surface area (Å²) in [6, 6.07) is 15.5. The Morgan fingerprint density at radius 2 is 1.79 bits per heavy atom. The molecule has 0 amide bonds. The Morgan fingerprint density at radius 1 is 1.10 bits per heavy atom. The SMILES string of the molecule is CC.COc1ccnc(C(=S)N2c3cccc(C)c3CN(S(=O)(=O)C(F)(F)F)CC2CCc2ccccc2)n1. The molecule has 12 heteroatoms. The van der Waals surface area contributed by atoms with Crippen molar-refractivity contribution in [2.75, 3.05) is 18.6 Å². The molecule has 4 rings (SSSR count). The molecule has 0 aliphatic carbocycles. The Labute approximate surface area is 232 Å². The van der Waals surface area contributed by atoms with Crippen molar-refractivity contribution < 1.29 is 26.3 Å². The molecule has 3 aromatic rings. The molecule has 7 nitrogen and oxygen atoms in total. The molecule has 0 bridgehead atoms. The molecule has 0 fully saturated rings. The van der Waals surface area contributed by atoms with Crippen LogP contribution >= 0.6 is 12.2 Å². The average Bonchev–Trinajstić information content (AvgIpc) is 3.10. The number of halogens is 3. The lowest BCUT2D eigenvalue weighted by atomic mass is 10.0. The first-order chi connectivity index (χ1) is 18.5. The van der Waals surface area contributed by atoms with Crippen molar-refractivity contribution in [1.29, 1.82) is 0 Å². The predicted molar refractivity (Wildman–Crippen MR) is 149 cm³/mol. The number of hydrogen-bond donors (Lipinski definition) is 0. The summed E-state index contributed by atoms with van der Waals surface area (Å²) < 4.78 is 72.1. The Kier molecular flexibility index (Phi) is 10.0. The van der Waals surface area contributed by atoms with Crippen molar-refractivity contribution >= 4 is 32.9 Å². The molecule has 2 aromatic carbocycles. The predicted octanol–water partition coefficient (Wildman–Crippen LogP) is 5.67. The van der Waals surface area contributed by atoms with Gasteiger partial charge in [0.15, 0.2) is 10.8 Å². The number of methoxy groups -OCH3 is 1. The summed E-state index contributed by atoms with van der Waals surface area (Å²) in [5, 5.41) is 0. The average molecular weight is 581 g/mol. The van der Waals surface area contributed by atoms with Crippen LogP contribution in [-0.4, -0.2) is 52.9 Å². The van der Waals surface area contributed by atoms with Gasteiger partial charge in [-0.05, 0) is 42.5 Å². The van der Waals surface area contributed by atoms with Crippen molar-refractivity contribution in [3.05, 3.63) is 83.3 Å². The number of fused-ring (bicyclic) bond motifs is 1. The summed E-state index contributed by atoms with van der Waals surface area (Å²) in [5.74, 6) is 0.424. The molecule has 2 heterocycles. The molecular weight excluding hydrogens is 549 g/mol. The van der Waals surface area contributed by atoms with E-state index >= 15 is 0 Å². The zero-order valence-corrected chi connectivity index (χ0v) is 23.8. The summed E-state index contributed by atoms with van der Waals surface area (Å²) in [6.07, 6.45) is 2.29. The molecule has 210 valence electrons. The first kappa shape index (κ1) is 30.5. The Hall–Kier alpha value is -3.09.